The van der Waals surface area contributed by atoms with E-state index < -0.39 is 0 Å². The van der Waals surface area contributed by atoms with Gasteiger partial charge >= 0.3 is 0 Å². The molecule has 2 saturated heterocycles. The first-order valence-electron chi connectivity index (χ1n) is 9.47. The maximum atomic E-state index is 13.0. The van der Waals surface area contributed by atoms with Crippen LogP contribution in [0.5, 0.6) is 0 Å². The molecule has 4 rings (SSSR count). The molecule has 7 heteroatoms. The molecule has 0 aliphatic carbocycles. The Hall–Kier alpha value is -2.44. The second-order valence-electron chi connectivity index (χ2n) is 7.40. The summed E-state index contributed by atoms with van der Waals surface area (Å²) in [7, 11) is 0. The number of likely N-dealkylation sites (tertiary alicyclic amines) is 2. The van der Waals surface area contributed by atoms with Crippen LogP contribution < -0.4 is 0 Å². The Morgan fingerprint density at radius 2 is 1.96 bits per heavy atom. The molecule has 2 aliphatic heterocycles. The second-order valence-corrected chi connectivity index (χ2v) is 7.40. The molecule has 4 heterocycles. The molecule has 0 aromatic carbocycles. The zero-order chi connectivity index (χ0) is 18.1. The molecule has 1 unspecified atom stereocenters. The molecule has 2 amide bonds. The number of amides is 2. The Morgan fingerprint density at radius 1 is 1.15 bits per heavy atom. The predicted molar refractivity (Wildman–Crippen MR) is 97.4 cm³/mol. The molecular formula is C19H25N5O2. The molecule has 26 heavy (non-hydrogen) atoms. The van der Waals surface area contributed by atoms with Gasteiger partial charge in [-0.1, -0.05) is 0 Å². The number of piperidine rings is 2. The topological polar surface area (TPSA) is 82.2 Å². The van der Waals surface area contributed by atoms with Gasteiger partial charge in [-0.15, -0.1) is 0 Å². The molecule has 0 bridgehead atoms. The lowest BCUT2D eigenvalue weighted by Gasteiger charge is -2.37. The van der Waals surface area contributed by atoms with Crippen LogP contribution in [0, 0.1) is 5.92 Å². The fourth-order valence-corrected chi connectivity index (χ4v) is 4.16. The number of aromatic nitrogens is 3. The third kappa shape index (κ3) is 3.30. The third-order valence-electron chi connectivity index (χ3n) is 5.69. The van der Waals surface area contributed by atoms with Crippen molar-refractivity contribution in [2.75, 3.05) is 26.2 Å². The number of nitrogens with zero attached hydrogens (tertiary/aromatic N) is 4. The van der Waals surface area contributed by atoms with E-state index in [0.29, 0.717) is 19.6 Å². The summed E-state index contributed by atoms with van der Waals surface area (Å²) in [5, 5.41) is 0. The number of imidazole rings is 1. The van der Waals surface area contributed by atoms with E-state index in [0.717, 1.165) is 49.2 Å². The molecule has 2 aromatic heterocycles. The lowest BCUT2D eigenvalue weighted by molar-refractivity contribution is -0.141. The van der Waals surface area contributed by atoms with E-state index in [1.807, 2.05) is 21.9 Å². The van der Waals surface area contributed by atoms with Crippen LogP contribution in [-0.2, 0) is 9.59 Å². The summed E-state index contributed by atoms with van der Waals surface area (Å²) < 4.78 is 0. The predicted octanol–water partition coefficient (Wildman–Crippen LogP) is 1.92. The monoisotopic (exact) mass is 355 g/mol. The fraction of sp³-hybridized carbons (Fsp3) is 0.579. The standard InChI is InChI=1S/C19H25N5O2/c1-13(25)23-10-6-14(7-11-23)19(26)24-9-3-4-15(12-24)17-21-16-5-2-8-20-18(16)22-17/h2,5,8,14-15H,3-4,6-7,9-12H2,1H3,(H,20,21,22). The summed E-state index contributed by atoms with van der Waals surface area (Å²) in [6.45, 7) is 4.52. The highest BCUT2D eigenvalue weighted by molar-refractivity contribution is 5.80. The van der Waals surface area contributed by atoms with E-state index in [2.05, 4.69) is 15.0 Å². The van der Waals surface area contributed by atoms with E-state index >= 15 is 0 Å². The lowest BCUT2D eigenvalue weighted by Crippen LogP contribution is -2.46. The molecule has 2 fully saturated rings. The first-order valence-corrected chi connectivity index (χ1v) is 9.47. The lowest BCUT2D eigenvalue weighted by atomic mass is 9.92. The number of fused-ring (bicyclic) bond motifs is 1. The van der Waals surface area contributed by atoms with Gasteiger partial charge in [0.2, 0.25) is 11.8 Å². The smallest absolute Gasteiger partial charge is 0.225 e. The van der Waals surface area contributed by atoms with Crippen molar-refractivity contribution in [2.45, 2.75) is 38.5 Å². The zero-order valence-electron chi connectivity index (χ0n) is 15.1. The first-order chi connectivity index (χ1) is 12.6. The number of hydrogen-bond donors (Lipinski definition) is 1. The molecule has 7 nitrogen and oxygen atoms in total. The maximum absolute atomic E-state index is 13.0. The van der Waals surface area contributed by atoms with Crippen molar-refractivity contribution < 1.29 is 9.59 Å². The molecule has 0 spiro atoms. The quantitative estimate of drug-likeness (QED) is 0.892. The molecule has 2 aliphatic rings. The number of hydrogen-bond acceptors (Lipinski definition) is 4. The van der Waals surface area contributed by atoms with Gasteiger partial charge in [0.05, 0.1) is 5.52 Å². The number of pyridine rings is 1. The summed E-state index contributed by atoms with van der Waals surface area (Å²) in [6.07, 6.45) is 5.32. The van der Waals surface area contributed by atoms with Gasteiger partial charge in [0.15, 0.2) is 5.65 Å². The van der Waals surface area contributed by atoms with Crippen molar-refractivity contribution in [1.82, 2.24) is 24.8 Å². The summed E-state index contributed by atoms with van der Waals surface area (Å²) in [6, 6.07) is 3.88. The Bertz CT molecular complexity index is 776. The molecule has 1 atom stereocenters. The number of rotatable bonds is 2. The summed E-state index contributed by atoms with van der Waals surface area (Å²) in [5.74, 6) is 1.56. The molecular weight excluding hydrogens is 330 g/mol. The van der Waals surface area contributed by atoms with Crippen LogP contribution in [-0.4, -0.2) is 62.7 Å². The van der Waals surface area contributed by atoms with Gasteiger partial charge in [0, 0.05) is 51.1 Å². The van der Waals surface area contributed by atoms with Crippen LogP contribution in [0.4, 0.5) is 0 Å². The normalized spacial score (nSPS) is 22.0. The van der Waals surface area contributed by atoms with Crippen LogP contribution in [0.1, 0.15) is 44.3 Å². The largest absolute Gasteiger partial charge is 0.343 e. The van der Waals surface area contributed by atoms with Gasteiger partial charge in [-0.2, -0.15) is 0 Å². The highest BCUT2D eigenvalue weighted by atomic mass is 16.2. The summed E-state index contributed by atoms with van der Waals surface area (Å²) >= 11 is 0. The van der Waals surface area contributed by atoms with E-state index in [9.17, 15) is 9.59 Å². The minimum atomic E-state index is 0.0432. The fourth-order valence-electron chi connectivity index (χ4n) is 4.16. The van der Waals surface area contributed by atoms with Crippen molar-refractivity contribution in [1.29, 1.82) is 0 Å². The second kappa shape index (κ2) is 7.05. The van der Waals surface area contributed by atoms with Crippen molar-refractivity contribution in [3.8, 4) is 0 Å². The highest BCUT2D eigenvalue weighted by Crippen LogP contribution is 2.29. The number of nitrogens with one attached hydrogen (secondary N) is 1. The Kier molecular flexibility index (Phi) is 4.61. The van der Waals surface area contributed by atoms with Gasteiger partial charge in [0.1, 0.15) is 5.82 Å². The third-order valence-corrected chi connectivity index (χ3v) is 5.69. The molecule has 138 valence electrons. The SMILES string of the molecule is CC(=O)N1CCC(C(=O)N2CCCC(c3nc4ncccc4[nH]3)C2)CC1. The van der Waals surface area contributed by atoms with Crippen molar-refractivity contribution in [3.63, 3.8) is 0 Å². The van der Waals surface area contributed by atoms with Crippen molar-refractivity contribution in [2.24, 2.45) is 5.92 Å². The Balaban J connectivity index is 1.41. The van der Waals surface area contributed by atoms with Gasteiger partial charge in [-0.25, -0.2) is 9.97 Å². The van der Waals surface area contributed by atoms with Gasteiger partial charge in [-0.05, 0) is 37.8 Å². The van der Waals surface area contributed by atoms with E-state index in [1.165, 1.54) is 0 Å². The number of carbonyl (C=O) groups is 2. The average Bonchev–Trinajstić information content (AvgIpc) is 3.12. The Labute approximate surface area is 152 Å². The summed E-state index contributed by atoms with van der Waals surface area (Å²) in [4.78, 5) is 40.5. The molecule has 0 saturated carbocycles. The number of H-pyrrole nitrogens is 1. The minimum Gasteiger partial charge on any atom is -0.343 e. The molecule has 0 radical (unpaired) electrons. The first kappa shape index (κ1) is 17.0. The van der Waals surface area contributed by atoms with Crippen LogP contribution in [0.15, 0.2) is 18.3 Å². The van der Waals surface area contributed by atoms with Gasteiger partial charge in [0.25, 0.3) is 0 Å². The summed E-state index contributed by atoms with van der Waals surface area (Å²) in [5.41, 5.74) is 1.69. The van der Waals surface area contributed by atoms with E-state index in [4.69, 9.17) is 0 Å². The number of aromatic amines is 1. The maximum Gasteiger partial charge on any atom is 0.225 e. The Morgan fingerprint density at radius 3 is 2.69 bits per heavy atom. The highest BCUT2D eigenvalue weighted by Gasteiger charge is 2.33. The van der Waals surface area contributed by atoms with Crippen molar-refractivity contribution in [3.05, 3.63) is 24.2 Å². The van der Waals surface area contributed by atoms with E-state index in [-0.39, 0.29) is 23.7 Å². The zero-order valence-corrected chi connectivity index (χ0v) is 15.1. The van der Waals surface area contributed by atoms with E-state index in [1.54, 1.807) is 13.1 Å². The van der Waals surface area contributed by atoms with Gasteiger partial charge < -0.3 is 14.8 Å². The van der Waals surface area contributed by atoms with Crippen LogP contribution in [0.3, 0.4) is 0 Å². The van der Waals surface area contributed by atoms with Gasteiger partial charge in [-0.3, -0.25) is 9.59 Å². The molecule has 2 aromatic rings. The minimum absolute atomic E-state index is 0.0432. The van der Waals surface area contributed by atoms with Crippen LogP contribution in [0.25, 0.3) is 11.2 Å². The van der Waals surface area contributed by atoms with Crippen LogP contribution >= 0.6 is 0 Å². The number of carbonyl (C=O) groups excluding carboxylic acids is 2. The van der Waals surface area contributed by atoms with Crippen molar-refractivity contribution >= 4 is 23.0 Å². The molecule has 1 N–H and O–H groups in total. The van der Waals surface area contributed by atoms with Crippen LogP contribution in [0.2, 0.25) is 0 Å². The average molecular weight is 355 g/mol.